The molecule has 0 saturated heterocycles. The zero-order valence-corrected chi connectivity index (χ0v) is 14.8. The lowest BCUT2D eigenvalue weighted by molar-refractivity contribution is 0.544. The summed E-state index contributed by atoms with van der Waals surface area (Å²) in [5.74, 6) is 0.884. The molecule has 2 aromatic carbocycles. The first-order valence-corrected chi connectivity index (χ1v) is 9.29. The molecule has 0 fully saturated rings. The van der Waals surface area contributed by atoms with Crippen molar-refractivity contribution in [3.63, 3.8) is 0 Å². The predicted octanol–water partition coefficient (Wildman–Crippen LogP) is 5.78. The highest BCUT2D eigenvalue weighted by molar-refractivity contribution is 6.03. The molecule has 0 saturated carbocycles. The molecule has 0 spiro atoms. The maximum atomic E-state index is 12.5. The first-order chi connectivity index (χ1) is 12.7. The van der Waals surface area contributed by atoms with Crippen LogP contribution >= 0.6 is 0 Å². The third kappa shape index (κ3) is 2.31. The average molecular weight is 344 g/mol. The van der Waals surface area contributed by atoms with Gasteiger partial charge in [-0.25, -0.2) is 4.79 Å². The fourth-order valence-electron chi connectivity index (χ4n) is 4.30. The molecule has 0 unspecified atom stereocenters. The molecule has 26 heavy (non-hydrogen) atoms. The summed E-state index contributed by atoms with van der Waals surface area (Å²) >= 11 is 0. The van der Waals surface area contributed by atoms with E-state index in [-0.39, 0.29) is 5.63 Å². The second kappa shape index (κ2) is 5.87. The van der Waals surface area contributed by atoms with E-state index >= 15 is 0 Å². The van der Waals surface area contributed by atoms with E-state index in [2.05, 4.69) is 18.2 Å². The fourth-order valence-corrected chi connectivity index (χ4v) is 4.30. The van der Waals surface area contributed by atoms with E-state index in [0.29, 0.717) is 5.58 Å². The van der Waals surface area contributed by atoms with Gasteiger partial charge in [-0.15, -0.1) is 0 Å². The van der Waals surface area contributed by atoms with Crippen LogP contribution in [0.3, 0.4) is 0 Å². The predicted molar refractivity (Wildman–Crippen MR) is 104 cm³/mol. The van der Waals surface area contributed by atoms with Gasteiger partial charge in [-0.1, -0.05) is 36.8 Å². The summed E-state index contributed by atoms with van der Waals surface area (Å²) in [5.41, 5.74) is 5.54. The number of fused-ring (bicyclic) bond motifs is 4. The van der Waals surface area contributed by atoms with Crippen LogP contribution in [0, 0.1) is 6.92 Å². The molecule has 0 radical (unpaired) electrons. The van der Waals surface area contributed by atoms with Crippen molar-refractivity contribution < 1.29 is 8.83 Å². The molecule has 0 amide bonds. The Hall–Kier alpha value is -2.81. The molecule has 1 aliphatic carbocycles. The Kier molecular flexibility index (Phi) is 3.49. The van der Waals surface area contributed by atoms with Crippen LogP contribution in [0.5, 0.6) is 0 Å². The standard InChI is InChI=1S/C23H20O3/c1-14-22(15-8-4-2-5-9-15)19-12-18-16-10-6-3-7-11-17(16)23(24)26-20(18)13-21(19)25-14/h2,4-5,8-9,12-13H,3,6-7,10-11H2,1H3. The second-order valence-electron chi connectivity index (χ2n) is 7.15. The third-order valence-electron chi connectivity index (χ3n) is 5.52. The molecule has 0 bridgehead atoms. The number of hydrogen-bond donors (Lipinski definition) is 0. The zero-order valence-electron chi connectivity index (χ0n) is 14.8. The van der Waals surface area contributed by atoms with Crippen molar-refractivity contribution in [1.29, 1.82) is 0 Å². The van der Waals surface area contributed by atoms with Crippen molar-refractivity contribution in [3.8, 4) is 11.1 Å². The molecule has 130 valence electrons. The molecular weight excluding hydrogens is 324 g/mol. The number of benzene rings is 2. The van der Waals surface area contributed by atoms with Gasteiger partial charge in [0.05, 0.1) is 0 Å². The molecule has 2 heterocycles. The Labute approximate surface area is 151 Å². The molecule has 1 aliphatic rings. The van der Waals surface area contributed by atoms with Crippen LogP contribution in [0.4, 0.5) is 0 Å². The Morgan fingerprint density at radius 1 is 0.808 bits per heavy atom. The minimum Gasteiger partial charge on any atom is -0.461 e. The number of rotatable bonds is 1. The lowest BCUT2D eigenvalue weighted by Crippen LogP contribution is -2.10. The number of hydrogen-bond acceptors (Lipinski definition) is 3. The van der Waals surface area contributed by atoms with Crippen LogP contribution in [0.2, 0.25) is 0 Å². The molecule has 2 aromatic heterocycles. The molecule has 0 aliphatic heterocycles. The van der Waals surface area contributed by atoms with Gasteiger partial charge in [0, 0.05) is 28.0 Å². The van der Waals surface area contributed by atoms with Crippen molar-refractivity contribution >= 4 is 21.9 Å². The Bertz CT molecular complexity index is 1180. The van der Waals surface area contributed by atoms with Crippen LogP contribution in [-0.4, -0.2) is 0 Å². The van der Waals surface area contributed by atoms with Crippen LogP contribution < -0.4 is 5.63 Å². The number of furan rings is 1. The Morgan fingerprint density at radius 3 is 2.35 bits per heavy atom. The van der Waals surface area contributed by atoms with E-state index in [4.69, 9.17) is 8.83 Å². The molecule has 3 heteroatoms. The monoisotopic (exact) mass is 344 g/mol. The minimum absolute atomic E-state index is 0.180. The molecular formula is C23H20O3. The maximum Gasteiger partial charge on any atom is 0.339 e. The van der Waals surface area contributed by atoms with Gasteiger partial charge in [0.2, 0.25) is 0 Å². The summed E-state index contributed by atoms with van der Waals surface area (Å²) in [6, 6.07) is 14.4. The van der Waals surface area contributed by atoms with Crippen molar-refractivity contribution in [2.24, 2.45) is 0 Å². The smallest absolute Gasteiger partial charge is 0.339 e. The van der Waals surface area contributed by atoms with E-state index < -0.39 is 0 Å². The van der Waals surface area contributed by atoms with Gasteiger partial charge in [-0.3, -0.25) is 0 Å². The summed E-state index contributed by atoms with van der Waals surface area (Å²) < 4.78 is 11.7. The highest BCUT2D eigenvalue weighted by Crippen LogP contribution is 2.38. The zero-order chi connectivity index (χ0) is 17.7. The van der Waals surface area contributed by atoms with E-state index in [1.54, 1.807) is 0 Å². The van der Waals surface area contributed by atoms with E-state index in [9.17, 15) is 4.79 Å². The van der Waals surface area contributed by atoms with Gasteiger partial charge in [0.1, 0.15) is 16.9 Å². The van der Waals surface area contributed by atoms with Crippen LogP contribution in [-0.2, 0) is 12.8 Å². The quantitative estimate of drug-likeness (QED) is 0.324. The van der Waals surface area contributed by atoms with Crippen molar-refractivity contribution in [3.05, 3.63) is 69.8 Å². The highest BCUT2D eigenvalue weighted by Gasteiger charge is 2.20. The lowest BCUT2D eigenvalue weighted by atomic mass is 9.97. The summed E-state index contributed by atoms with van der Waals surface area (Å²) in [4.78, 5) is 12.5. The average Bonchev–Trinajstić information content (AvgIpc) is 2.82. The molecule has 3 nitrogen and oxygen atoms in total. The summed E-state index contributed by atoms with van der Waals surface area (Å²) in [6.45, 7) is 1.99. The Balaban J connectivity index is 1.87. The fraction of sp³-hybridized carbons (Fsp3) is 0.261. The largest absolute Gasteiger partial charge is 0.461 e. The topological polar surface area (TPSA) is 43.4 Å². The second-order valence-corrected chi connectivity index (χ2v) is 7.15. The van der Waals surface area contributed by atoms with Crippen molar-refractivity contribution in [2.45, 2.75) is 39.0 Å². The summed E-state index contributed by atoms with van der Waals surface area (Å²) in [6.07, 6.45) is 5.12. The van der Waals surface area contributed by atoms with Gasteiger partial charge < -0.3 is 8.83 Å². The first kappa shape index (κ1) is 15.4. The molecule has 4 aromatic rings. The van der Waals surface area contributed by atoms with Gasteiger partial charge in [-0.2, -0.15) is 0 Å². The van der Waals surface area contributed by atoms with Gasteiger partial charge >= 0.3 is 5.63 Å². The van der Waals surface area contributed by atoms with Crippen molar-refractivity contribution in [2.75, 3.05) is 0 Å². The lowest BCUT2D eigenvalue weighted by Gasteiger charge is -2.08. The van der Waals surface area contributed by atoms with Crippen LogP contribution in [0.1, 0.15) is 36.1 Å². The van der Waals surface area contributed by atoms with Crippen LogP contribution in [0.15, 0.2) is 56.1 Å². The van der Waals surface area contributed by atoms with Crippen molar-refractivity contribution in [1.82, 2.24) is 0 Å². The SMILES string of the molecule is Cc1oc2cc3oc(=O)c4c(c3cc2c1-c1ccccc1)CCCCC4. The van der Waals surface area contributed by atoms with Gasteiger partial charge in [-0.05, 0) is 49.8 Å². The Morgan fingerprint density at radius 2 is 1.54 bits per heavy atom. The van der Waals surface area contributed by atoms with E-state index in [1.165, 1.54) is 5.56 Å². The minimum atomic E-state index is -0.180. The maximum absolute atomic E-state index is 12.5. The third-order valence-corrected chi connectivity index (χ3v) is 5.52. The van der Waals surface area contributed by atoms with Gasteiger partial charge in [0.15, 0.2) is 0 Å². The van der Waals surface area contributed by atoms with E-state index in [1.807, 2.05) is 31.2 Å². The van der Waals surface area contributed by atoms with Gasteiger partial charge in [0.25, 0.3) is 0 Å². The number of aryl methyl sites for hydroxylation is 2. The summed E-state index contributed by atoms with van der Waals surface area (Å²) in [7, 11) is 0. The van der Waals surface area contributed by atoms with E-state index in [0.717, 1.165) is 70.9 Å². The molecule has 0 N–H and O–H groups in total. The normalized spacial score (nSPS) is 14.5. The first-order valence-electron chi connectivity index (χ1n) is 9.29. The van der Waals surface area contributed by atoms with Crippen LogP contribution in [0.25, 0.3) is 33.1 Å². The highest BCUT2D eigenvalue weighted by atomic mass is 16.4. The molecule has 0 atom stereocenters. The molecule has 5 rings (SSSR count). The summed E-state index contributed by atoms with van der Waals surface area (Å²) in [5, 5.41) is 2.15.